The van der Waals surface area contributed by atoms with Crippen LogP contribution in [0.5, 0.6) is 17.2 Å². The van der Waals surface area contributed by atoms with Gasteiger partial charge in [-0.2, -0.15) is 10.5 Å². The number of nitrogens with zero attached hydrogens (tertiary/aromatic N) is 6. The molecule has 7 rings (SSSR count). The Kier molecular flexibility index (Phi) is 17.0. The van der Waals surface area contributed by atoms with Gasteiger partial charge in [0.25, 0.3) is 11.8 Å². The smallest absolute Gasteiger partial charge is 0.268 e. The van der Waals surface area contributed by atoms with Gasteiger partial charge in [-0.05, 0) is 86.4 Å². The van der Waals surface area contributed by atoms with Gasteiger partial charge >= 0.3 is 0 Å². The number of hydrogen-bond donors (Lipinski definition) is 1. The predicted octanol–water partition coefficient (Wildman–Crippen LogP) is 7.08. The molecule has 4 aromatic carbocycles. The Labute approximate surface area is 357 Å². The van der Waals surface area contributed by atoms with Gasteiger partial charge in [-0.1, -0.05) is 71.9 Å². The molecule has 0 saturated heterocycles. The number of aryl methyl sites for hydroxylation is 1. The summed E-state index contributed by atoms with van der Waals surface area (Å²) in [5.74, 6) is 2.82. The molecular formula is C47H55N7O7. The third kappa shape index (κ3) is 12.4. The molecule has 61 heavy (non-hydrogen) atoms. The van der Waals surface area contributed by atoms with E-state index in [9.17, 15) is 9.59 Å². The molecule has 1 N–H and O–H groups in total. The number of aromatic nitrogens is 4. The number of rotatable bonds is 21. The largest absolute Gasteiger partial charge is 0.493 e. The molecule has 2 atom stereocenters. The van der Waals surface area contributed by atoms with Crippen LogP contribution in [0.3, 0.4) is 0 Å². The van der Waals surface area contributed by atoms with Gasteiger partial charge in [0, 0.05) is 58.9 Å². The number of benzene rings is 4. The number of fused-ring (bicyclic) bond motifs is 2. The summed E-state index contributed by atoms with van der Waals surface area (Å²) in [7, 11) is 3.38. The van der Waals surface area contributed by atoms with Crippen LogP contribution in [-0.2, 0) is 38.3 Å². The summed E-state index contributed by atoms with van der Waals surface area (Å²) in [6.07, 6.45) is 6.21. The zero-order valence-electron chi connectivity index (χ0n) is 35.0. The van der Waals surface area contributed by atoms with Crippen LogP contribution >= 0.6 is 0 Å². The lowest BCUT2D eigenvalue weighted by Gasteiger charge is -2.34. The Hall–Kier alpha value is -6.30. The van der Waals surface area contributed by atoms with E-state index in [-0.39, 0.29) is 11.8 Å². The quantitative estimate of drug-likeness (QED) is 0.0752. The molecule has 5 aromatic rings. The fourth-order valence-corrected chi connectivity index (χ4v) is 7.44. The molecular weight excluding hydrogens is 775 g/mol. The fourth-order valence-electron chi connectivity index (χ4n) is 7.44. The summed E-state index contributed by atoms with van der Waals surface area (Å²) < 4.78 is 28.3. The maximum absolute atomic E-state index is 13.2. The Morgan fingerprint density at radius 3 is 1.82 bits per heavy atom. The number of carbonyl (C=O) groups is 2. The summed E-state index contributed by atoms with van der Waals surface area (Å²) in [6, 6.07) is 33.4. The van der Waals surface area contributed by atoms with Crippen molar-refractivity contribution in [3.8, 4) is 23.3 Å². The Morgan fingerprint density at radius 1 is 0.672 bits per heavy atom. The van der Waals surface area contributed by atoms with Crippen LogP contribution in [0.15, 0.2) is 97.1 Å². The van der Waals surface area contributed by atoms with Crippen LogP contribution in [0.2, 0.25) is 0 Å². The molecule has 0 saturated carbocycles. The SMILES string of the molecule is COCCCCN1C(=O)[C@@H](CCCc2ccccc2CC#N)Oc2ccccc21.COCCCCN1C(=O)[C@@H](CCOc2ccccc2Cc2nn[nH]n2)Oc2ccccc21. The molecule has 0 aliphatic carbocycles. The van der Waals surface area contributed by atoms with Crippen LogP contribution in [0.1, 0.15) is 67.5 Å². The first kappa shape index (κ1) is 44.3. The van der Waals surface area contributed by atoms with Crippen LogP contribution in [0.25, 0.3) is 0 Å². The number of tetrazole rings is 1. The van der Waals surface area contributed by atoms with Gasteiger partial charge in [0.05, 0.1) is 30.5 Å². The summed E-state index contributed by atoms with van der Waals surface area (Å²) in [6.45, 7) is 3.03. The number of H-pyrrole nitrogens is 1. The van der Waals surface area contributed by atoms with Gasteiger partial charge in [0.1, 0.15) is 17.2 Å². The molecule has 0 bridgehead atoms. The second kappa shape index (κ2) is 23.5. The van der Waals surface area contributed by atoms with E-state index in [2.05, 4.69) is 32.8 Å². The highest BCUT2D eigenvalue weighted by Crippen LogP contribution is 2.36. The first-order valence-corrected chi connectivity index (χ1v) is 21.0. The molecule has 0 spiro atoms. The molecule has 320 valence electrons. The zero-order chi connectivity index (χ0) is 42.7. The van der Waals surface area contributed by atoms with E-state index >= 15 is 0 Å². The number of nitriles is 1. The van der Waals surface area contributed by atoms with Crippen molar-refractivity contribution >= 4 is 23.2 Å². The first-order valence-electron chi connectivity index (χ1n) is 21.0. The Bertz CT molecular complexity index is 2180. The van der Waals surface area contributed by atoms with Crippen molar-refractivity contribution in [3.05, 3.63) is 120 Å². The normalized spacial score (nSPS) is 15.4. The monoisotopic (exact) mass is 829 g/mol. The van der Waals surface area contributed by atoms with Crippen molar-refractivity contribution < 1.29 is 33.3 Å². The molecule has 2 aliphatic rings. The van der Waals surface area contributed by atoms with Gasteiger partial charge in [-0.25, -0.2) is 0 Å². The van der Waals surface area contributed by atoms with Gasteiger partial charge in [0.2, 0.25) is 0 Å². The van der Waals surface area contributed by atoms with E-state index < -0.39 is 12.2 Å². The molecule has 3 heterocycles. The van der Waals surface area contributed by atoms with Crippen molar-refractivity contribution in [1.82, 2.24) is 20.6 Å². The average molecular weight is 830 g/mol. The van der Waals surface area contributed by atoms with E-state index in [4.69, 9.17) is 28.9 Å². The fraction of sp³-hybridized carbons (Fsp3) is 0.404. The molecule has 0 radical (unpaired) electrons. The molecule has 14 heteroatoms. The van der Waals surface area contributed by atoms with Gasteiger partial charge < -0.3 is 33.5 Å². The molecule has 1 aromatic heterocycles. The molecule has 14 nitrogen and oxygen atoms in total. The number of ether oxygens (including phenoxy) is 5. The number of carbonyl (C=O) groups excluding carboxylic acids is 2. The van der Waals surface area contributed by atoms with E-state index in [1.807, 2.05) is 101 Å². The standard InChI is InChI=1S/C24H28N2O3.C23H27N5O4/c1-28-18-7-6-17-26-21-12-4-5-13-22(21)29-23(24(26)27)14-8-11-19-9-2-3-10-20(19)15-16-25;1-30-14-7-6-13-28-18-9-3-5-11-20(18)32-21(23(28)29)12-15-31-19-10-4-2-8-17(19)16-22-24-26-27-25-22/h2-5,9-10,12-13,23H,6-8,11,14-15,17-18H2,1H3;2-5,8-11,21H,6-7,12-16H2,1H3,(H,24,25,26,27)/t23-;21-/m11/s1. The summed E-state index contributed by atoms with van der Waals surface area (Å²) in [5, 5.41) is 23.1. The minimum Gasteiger partial charge on any atom is -0.493 e. The van der Waals surface area contributed by atoms with Crippen molar-refractivity contribution in [2.75, 3.05) is 56.9 Å². The lowest BCUT2D eigenvalue weighted by atomic mass is 9.98. The third-order valence-electron chi connectivity index (χ3n) is 10.5. The van der Waals surface area contributed by atoms with E-state index in [1.165, 1.54) is 5.56 Å². The molecule has 2 aliphatic heterocycles. The van der Waals surface area contributed by atoms with Crippen LogP contribution in [-0.4, -0.2) is 91.8 Å². The number of para-hydroxylation sites is 5. The lowest BCUT2D eigenvalue weighted by molar-refractivity contribution is -0.127. The van der Waals surface area contributed by atoms with Crippen molar-refractivity contribution in [2.24, 2.45) is 0 Å². The van der Waals surface area contributed by atoms with Gasteiger partial charge in [-0.15, -0.1) is 10.2 Å². The minimum absolute atomic E-state index is 0.0337. The summed E-state index contributed by atoms with van der Waals surface area (Å²) in [5.41, 5.74) is 4.86. The van der Waals surface area contributed by atoms with Crippen molar-refractivity contribution in [2.45, 2.75) is 76.4 Å². The van der Waals surface area contributed by atoms with Gasteiger partial charge in [-0.3, -0.25) is 9.59 Å². The number of nitrogens with one attached hydrogen (secondary N) is 1. The zero-order valence-corrected chi connectivity index (χ0v) is 35.0. The number of aromatic amines is 1. The number of anilines is 2. The topological polar surface area (TPSA) is 165 Å². The van der Waals surface area contributed by atoms with Crippen molar-refractivity contribution in [3.63, 3.8) is 0 Å². The Morgan fingerprint density at radius 2 is 1.23 bits per heavy atom. The second-order valence-electron chi connectivity index (χ2n) is 14.8. The maximum atomic E-state index is 13.2. The van der Waals surface area contributed by atoms with Crippen LogP contribution < -0.4 is 24.0 Å². The summed E-state index contributed by atoms with van der Waals surface area (Å²) in [4.78, 5) is 29.9. The highest BCUT2D eigenvalue weighted by Gasteiger charge is 2.35. The van der Waals surface area contributed by atoms with E-state index in [0.717, 1.165) is 78.3 Å². The molecule has 2 amide bonds. The summed E-state index contributed by atoms with van der Waals surface area (Å²) >= 11 is 0. The highest BCUT2D eigenvalue weighted by atomic mass is 16.5. The number of amides is 2. The van der Waals surface area contributed by atoms with Gasteiger partial charge in [0.15, 0.2) is 18.0 Å². The van der Waals surface area contributed by atoms with Crippen LogP contribution in [0, 0.1) is 11.3 Å². The van der Waals surface area contributed by atoms with E-state index in [0.29, 0.717) is 64.4 Å². The maximum Gasteiger partial charge on any atom is 0.268 e. The number of unbranched alkanes of at least 4 members (excludes halogenated alkanes) is 2. The first-order chi connectivity index (χ1) is 30.0. The molecule has 0 fully saturated rings. The van der Waals surface area contributed by atoms with Crippen molar-refractivity contribution in [1.29, 1.82) is 5.26 Å². The van der Waals surface area contributed by atoms with E-state index in [1.54, 1.807) is 14.2 Å². The second-order valence-corrected chi connectivity index (χ2v) is 14.8. The van der Waals surface area contributed by atoms with Crippen LogP contribution in [0.4, 0.5) is 11.4 Å². The third-order valence-corrected chi connectivity index (χ3v) is 10.5. The molecule has 0 unspecified atom stereocenters. The predicted molar refractivity (Wildman–Crippen MR) is 231 cm³/mol. The average Bonchev–Trinajstić information content (AvgIpc) is 3.80. The minimum atomic E-state index is -0.586. The Balaban J connectivity index is 0.000000205. The lowest BCUT2D eigenvalue weighted by Crippen LogP contribution is -2.47. The number of methoxy groups -OCH3 is 2. The highest BCUT2D eigenvalue weighted by molar-refractivity contribution is 6.00. The number of hydrogen-bond acceptors (Lipinski definition) is 11.